The highest BCUT2D eigenvalue weighted by atomic mass is 16.5. The molecule has 6 heteroatoms. The fourth-order valence-corrected chi connectivity index (χ4v) is 1.86. The largest absolute Gasteiger partial charge is 0.469 e. The lowest BCUT2D eigenvalue weighted by Crippen LogP contribution is -2.12. The molecule has 0 aliphatic carbocycles. The predicted octanol–water partition coefficient (Wildman–Crippen LogP) is 3.55. The lowest BCUT2D eigenvalue weighted by molar-refractivity contribution is -0.141. The molecule has 0 aromatic heterocycles. The molecule has 0 bridgehead atoms. The van der Waals surface area contributed by atoms with E-state index in [1.807, 2.05) is 0 Å². The summed E-state index contributed by atoms with van der Waals surface area (Å²) in [6, 6.07) is -0.299. The lowest BCUT2D eigenvalue weighted by Gasteiger charge is -2.09. The van der Waals surface area contributed by atoms with Crippen LogP contribution >= 0.6 is 0 Å². The van der Waals surface area contributed by atoms with Gasteiger partial charge in [0, 0.05) is 17.4 Å². The van der Waals surface area contributed by atoms with Crippen LogP contribution in [0.5, 0.6) is 0 Å². The second-order valence-electron chi connectivity index (χ2n) is 4.50. The average Bonchev–Trinajstić information content (AvgIpc) is 2.41. The highest BCUT2D eigenvalue weighted by molar-refractivity contribution is 5.69. The molecule has 0 saturated heterocycles. The van der Waals surface area contributed by atoms with E-state index in [1.54, 1.807) is 0 Å². The van der Waals surface area contributed by atoms with E-state index in [-0.39, 0.29) is 18.4 Å². The van der Waals surface area contributed by atoms with Crippen molar-refractivity contribution >= 4 is 12.3 Å². The van der Waals surface area contributed by atoms with Crippen LogP contribution < -0.4 is 0 Å². The van der Waals surface area contributed by atoms with Crippen LogP contribution in [0.2, 0.25) is 0 Å². The van der Waals surface area contributed by atoms with Gasteiger partial charge in [0.15, 0.2) is 0 Å². The van der Waals surface area contributed by atoms with E-state index in [4.69, 9.17) is 5.53 Å². The van der Waals surface area contributed by atoms with Crippen LogP contribution in [0.3, 0.4) is 0 Å². The maximum Gasteiger partial charge on any atom is 0.305 e. The number of aldehydes is 1. The Morgan fingerprint density at radius 1 is 1.26 bits per heavy atom. The molecule has 0 rings (SSSR count). The first-order valence-electron chi connectivity index (χ1n) is 6.79. The summed E-state index contributed by atoms with van der Waals surface area (Å²) < 4.78 is 4.56. The van der Waals surface area contributed by atoms with Crippen molar-refractivity contribution in [2.75, 3.05) is 7.11 Å². The molecule has 0 saturated carbocycles. The first-order valence-corrected chi connectivity index (χ1v) is 6.79. The maximum atomic E-state index is 11.1. The Hall–Kier alpha value is -1.55. The van der Waals surface area contributed by atoms with Crippen LogP contribution in [0.4, 0.5) is 0 Å². The Bertz CT molecular complexity index is 302. The molecule has 0 aromatic carbocycles. The van der Waals surface area contributed by atoms with Gasteiger partial charge < -0.3 is 9.53 Å². The van der Waals surface area contributed by atoms with Crippen LogP contribution in [0.15, 0.2) is 5.11 Å². The van der Waals surface area contributed by atoms with E-state index in [1.165, 1.54) is 7.11 Å². The number of azide groups is 1. The van der Waals surface area contributed by atoms with Crippen LogP contribution in [0.25, 0.3) is 10.4 Å². The number of carbonyl (C=O) groups excluding carboxylic acids is 2. The number of nitrogens with zero attached hydrogens (tertiary/aromatic N) is 3. The summed E-state index contributed by atoms with van der Waals surface area (Å²) in [5.41, 5.74) is 8.42. The van der Waals surface area contributed by atoms with Crippen molar-refractivity contribution in [3.05, 3.63) is 10.4 Å². The number of esters is 1. The van der Waals surface area contributed by atoms with Gasteiger partial charge in [0.25, 0.3) is 0 Å². The zero-order valence-corrected chi connectivity index (χ0v) is 11.6. The molecule has 0 N–H and O–H groups in total. The molecule has 1 unspecified atom stereocenters. The minimum Gasteiger partial charge on any atom is -0.469 e. The summed E-state index contributed by atoms with van der Waals surface area (Å²) in [5.74, 6) is -0.341. The van der Waals surface area contributed by atoms with Gasteiger partial charge in [-0.2, -0.15) is 0 Å². The molecule has 0 aromatic rings. The number of methoxy groups -OCH3 is 1. The molecule has 0 aliphatic rings. The van der Waals surface area contributed by atoms with E-state index in [0.29, 0.717) is 12.8 Å². The summed E-state index contributed by atoms with van der Waals surface area (Å²) in [5, 5.41) is 3.61. The van der Waals surface area contributed by atoms with E-state index in [2.05, 4.69) is 14.8 Å². The third-order valence-corrected chi connectivity index (χ3v) is 2.95. The molecule has 108 valence electrons. The zero-order valence-electron chi connectivity index (χ0n) is 11.6. The van der Waals surface area contributed by atoms with Gasteiger partial charge in [-0.3, -0.25) is 4.79 Å². The second-order valence-corrected chi connectivity index (χ2v) is 4.50. The van der Waals surface area contributed by atoms with Crippen molar-refractivity contribution in [3.63, 3.8) is 0 Å². The SMILES string of the molecule is COC(=O)CC(CCCCCCCCC=O)N=[N+]=[N-]. The van der Waals surface area contributed by atoms with Crippen LogP contribution in [-0.2, 0) is 14.3 Å². The second kappa shape index (κ2) is 12.9. The third-order valence-electron chi connectivity index (χ3n) is 2.95. The monoisotopic (exact) mass is 269 g/mol. The van der Waals surface area contributed by atoms with Crippen molar-refractivity contribution in [2.24, 2.45) is 5.11 Å². The molecular formula is C13H23N3O3. The molecule has 0 amide bonds. The standard InChI is InChI=1S/C13H23N3O3/c1-19-13(18)11-12(15-16-14)9-7-5-3-2-4-6-8-10-17/h10,12H,2-9,11H2,1H3. The summed E-state index contributed by atoms with van der Waals surface area (Å²) in [6.45, 7) is 0. The van der Waals surface area contributed by atoms with Crippen molar-refractivity contribution in [1.29, 1.82) is 0 Å². The van der Waals surface area contributed by atoms with Gasteiger partial charge in [-0.15, -0.1) is 0 Å². The van der Waals surface area contributed by atoms with E-state index in [9.17, 15) is 9.59 Å². The van der Waals surface area contributed by atoms with Gasteiger partial charge in [-0.1, -0.05) is 37.2 Å². The van der Waals surface area contributed by atoms with Gasteiger partial charge >= 0.3 is 5.97 Å². The van der Waals surface area contributed by atoms with Gasteiger partial charge in [-0.05, 0) is 18.4 Å². The molecule has 0 fully saturated rings. The molecule has 0 aliphatic heterocycles. The topological polar surface area (TPSA) is 92.1 Å². The number of unbranched alkanes of at least 4 members (excludes halogenated alkanes) is 6. The number of ether oxygens (including phenoxy) is 1. The first-order chi connectivity index (χ1) is 9.24. The molecule has 6 nitrogen and oxygen atoms in total. The minimum atomic E-state index is -0.341. The van der Waals surface area contributed by atoms with Crippen LogP contribution in [-0.4, -0.2) is 25.4 Å². The first kappa shape index (κ1) is 17.4. The third kappa shape index (κ3) is 11.3. The molecule has 1 atom stereocenters. The molecule has 0 radical (unpaired) electrons. The van der Waals surface area contributed by atoms with Crippen molar-refractivity contribution in [1.82, 2.24) is 0 Å². The van der Waals surface area contributed by atoms with Crippen LogP contribution in [0, 0.1) is 0 Å². The summed E-state index contributed by atoms with van der Waals surface area (Å²) in [6.07, 6.45) is 8.75. The number of carbonyl (C=O) groups is 2. The number of hydrogen-bond acceptors (Lipinski definition) is 4. The summed E-state index contributed by atoms with van der Waals surface area (Å²) in [7, 11) is 1.33. The molecule has 0 heterocycles. The smallest absolute Gasteiger partial charge is 0.305 e. The van der Waals surface area contributed by atoms with E-state index in [0.717, 1.165) is 44.8 Å². The Labute approximate surface area is 114 Å². The fraction of sp³-hybridized carbons (Fsp3) is 0.846. The Kier molecular flexibility index (Phi) is 11.8. The number of hydrogen-bond donors (Lipinski definition) is 0. The van der Waals surface area contributed by atoms with Crippen molar-refractivity contribution < 1.29 is 14.3 Å². The fourth-order valence-electron chi connectivity index (χ4n) is 1.86. The predicted molar refractivity (Wildman–Crippen MR) is 72.6 cm³/mol. The van der Waals surface area contributed by atoms with Crippen LogP contribution in [0.1, 0.15) is 57.8 Å². The van der Waals surface area contributed by atoms with Gasteiger partial charge in [-0.25, -0.2) is 0 Å². The Balaban J connectivity index is 3.61. The molecular weight excluding hydrogens is 246 g/mol. The Morgan fingerprint density at radius 2 is 1.89 bits per heavy atom. The van der Waals surface area contributed by atoms with Crippen molar-refractivity contribution in [3.8, 4) is 0 Å². The zero-order chi connectivity index (χ0) is 14.3. The van der Waals surface area contributed by atoms with Gasteiger partial charge in [0.2, 0.25) is 0 Å². The maximum absolute atomic E-state index is 11.1. The average molecular weight is 269 g/mol. The van der Waals surface area contributed by atoms with Gasteiger partial charge in [0.1, 0.15) is 6.29 Å². The van der Waals surface area contributed by atoms with Gasteiger partial charge in [0.05, 0.1) is 13.5 Å². The summed E-state index contributed by atoms with van der Waals surface area (Å²) >= 11 is 0. The lowest BCUT2D eigenvalue weighted by atomic mass is 10.0. The summed E-state index contributed by atoms with van der Waals surface area (Å²) in [4.78, 5) is 24.0. The Morgan fingerprint density at radius 3 is 2.47 bits per heavy atom. The molecule has 19 heavy (non-hydrogen) atoms. The quantitative estimate of drug-likeness (QED) is 0.135. The van der Waals surface area contributed by atoms with E-state index < -0.39 is 0 Å². The minimum absolute atomic E-state index is 0.153. The normalized spacial score (nSPS) is 11.4. The highest BCUT2D eigenvalue weighted by Crippen LogP contribution is 2.13. The van der Waals surface area contributed by atoms with Crippen molar-refractivity contribution in [2.45, 2.75) is 63.8 Å². The molecule has 0 spiro atoms. The van der Waals surface area contributed by atoms with E-state index >= 15 is 0 Å². The number of rotatable bonds is 12. The highest BCUT2D eigenvalue weighted by Gasteiger charge is 2.12.